The second kappa shape index (κ2) is 9.10. The maximum Gasteiger partial charge on any atom is 0.343 e. The smallest absolute Gasteiger partial charge is 0.343 e. The Morgan fingerprint density at radius 3 is 2.41 bits per heavy atom. The van der Waals surface area contributed by atoms with Gasteiger partial charge < -0.3 is 13.9 Å². The summed E-state index contributed by atoms with van der Waals surface area (Å²) >= 11 is 0. The lowest BCUT2D eigenvalue weighted by atomic mass is 9.69. The van der Waals surface area contributed by atoms with Gasteiger partial charge in [0, 0.05) is 54.0 Å². The molecule has 0 radical (unpaired) electrons. The van der Waals surface area contributed by atoms with Crippen molar-refractivity contribution in [1.82, 2.24) is 0 Å². The van der Waals surface area contributed by atoms with E-state index in [1.54, 1.807) is 6.08 Å². The minimum absolute atomic E-state index is 0.0472. The molecule has 2 aliphatic rings. The van der Waals surface area contributed by atoms with Gasteiger partial charge in [-0.2, -0.15) is 0 Å². The van der Waals surface area contributed by atoms with Crippen LogP contribution in [-0.4, -0.2) is 31.8 Å². The summed E-state index contributed by atoms with van der Waals surface area (Å²) < 4.78 is 40.2. The van der Waals surface area contributed by atoms with Crippen molar-refractivity contribution in [2.45, 2.75) is 64.3 Å². The van der Waals surface area contributed by atoms with Crippen LogP contribution in [0.2, 0.25) is 0 Å². The van der Waals surface area contributed by atoms with E-state index in [0.29, 0.717) is 17.7 Å². The lowest BCUT2D eigenvalue weighted by Crippen LogP contribution is -2.44. The van der Waals surface area contributed by atoms with Crippen LogP contribution in [0.4, 0.5) is 5.69 Å². The van der Waals surface area contributed by atoms with Crippen LogP contribution in [0, 0.1) is 0 Å². The first-order chi connectivity index (χ1) is 17.3. The number of rotatable bonds is 6. The predicted octanol–water partition coefficient (Wildman–Crippen LogP) is 4.36. The highest BCUT2D eigenvalue weighted by Gasteiger charge is 2.41. The van der Waals surface area contributed by atoms with E-state index in [4.69, 9.17) is 4.42 Å². The Balaban J connectivity index is 1.48. The fourth-order valence-corrected chi connectivity index (χ4v) is 6.11. The number of aromatic nitrogens is 1. The molecule has 3 aromatic rings. The van der Waals surface area contributed by atoms with Crippen molar-refractivity contribution in [3.8, 4) is 0 Å². The van der Waals surface area contributed by atoms with Gasteiger partial charge in [-0.05, 0) is 53.0 Å². The molecule has 4 heterocycles. The van der Waals surface area contributed by atoms with E-state index < -0.39 is 10.1 Å². The molecule has 0 N–H and O–H groups in total. The quantitative estimate of drug-likeness (QED) is 0.271. The van der Waals surface area contributed by atoms with Crippen molar-refractivity contribution in [3.05, 3.63) is 69.3 Å². The molecule has 0 spiro atoms. The highest BCUT2D eigenvalue weighted by molar-refractivity contribution is 7.85. The summed E-state index contributed by atoms with van der Waals surface area (Å²) in [6, 6.07) is 7.92. The van der Waals surface area contributed by atoms with Crippen molar-refractivity contribution in [1.29, 1.82) is 0 Å². The average Bonchev–Trinajstić information content (AvgIpc) is 2.81. The number of fused-ring (bicyclic) bond motifs is 2. The Bertz CT molecular complexity index is 1550. The molecule has 0 bridgehead atoms. The van der Waals surface area contributed by atoms with Gasteiger partial charge in [0.1, 0.15) is 12.1 Å². The zero-order chi connectivity index (χ0) is 26.6. The van der Waals surface area contributed by atoms with Gasteiger partial charge in [-0.1, -0.05) is 33.8 Å². The normalized spacial score (nSPS) is 18.4. The van der Waals surface area contributed by atoms with Crippen molar-refractivity contribution in [2.75, 3.05) is 23.7 Å². The SMILES string of the molecule is CC1(C)CCN2CCC(C)(C)c3c2c1cc1cc(/C=C/c2cc[n+](CCCS(=O)(=O)[O-])cc2)c(=O)oc31. The minimum atomic E-state index is -4.20. The molecule has 0 fully saturated rings. The number of hydrogen-bond donors (Lipinski definition) is 0. The number of anilines is 1. The van der Waals surface area contributed by atoms with Crippen molar-refractivity contribution in [3.63, 3.8) is 0 Å². The van der Waals surface area contributed by atoms with E-state index in [9.17, 15) is 17.8 Å². The fourth-order valence-electron chi connectivity index (χ4n) is 5.62. The molecule has 0 amide bonds. The Labute approximate surface area is 218 Å². The monoisotopic (exact) mass is 522 g/mol. The van der Waals surface area contributed by atoms with Crippen LogP contribution in [-0.2, 0) is 27.5 Å². The lowest BCUT2D eigenvalue weighted by molar-refractivity contribution is -0.696. The molecule has 2 aromatic heterocycles. The van der Waals surface area contributed by atoms with E-state index >= 15 is 0 Å². The first-order valence-corrected chi connectivity index (χ1v) is 14.4. The zero-order valence-corrected chi connectivity index (χ0v) is 22.7. The van der Waals surface area contributed by atoms with E-state index in [-0.39, 0.29) is 28.6 Å². The number of aryl methyl sites for hydroxylation is 1. The summed E-state index contributed by atoms with van der Waals surface area (Å²) in [5.74, 6) is -0.378. The van der Waals surface area contributed by atoms with Crippen LogP contribution < -0.4 is 15.1 Å². The van der Waals surface area contributed by atoms with Crippen LogP contribution in [0.1, 0.15) is 69.2 Å². The van der Waals surface area contributed by atoms with Crippen LogP contribution in [0.5, 0.6) is 0 Å². The largest absolute Gasteiger partial charge is 0.748 e. The topological polar surface area (TPSA) is 94.5 Å². The third-order valence-electron chi connectivity index (χ3n) is 7.94. The third-order valence-corrected chi connectivity index (χ3v) is 8.73. The standard InChI is InChI=1S/C29H34N2O5S/c1-28(2)10-15-31-16-11-29(3,4)24-25(31)23(28)19-22-18-21(27(32)36-26(22)24)7-6-20-8-13-30(14-9-20)12-5-17-37(33,34)35/h6-9,13-14,18-19H,5,10-12,15-17H2,1-4H3. The van der Waals surface area contributed by atoms with Crippen molar-refractivity contribution < 1.29 is 22.0 Å². The number of pyridine rings is 1. The Kier molecular flexibility index (Phi) is 6.31. The van der Waals surface area contributed by atoms with Gasteiger partial charge in [-0.3, -0.25) is 0 Å². The molecule has 0 atom stereocenters. The average molecular weight is 523 g/mol. The highest BCUT2D eigenvalue weighted by Crippen LogP contribution is 2.51. The van der Waals surface area contributed by atoms with Gasteiger partial charge in [-0.15, -0.1) is 0 Å². The fraction of sp³-hybridized carbons (Fsp3) is 0.448. The predicted molar refractivity (Wildman–Crippen MR) is 145 cm³/mol. The molecule has 37 heavy (non-hydrogen) atoms. The second-order valence-corrected chi connectivity index (χ2v) is 13.2. The van der Waals surface area contributed by atoms with Gasteiger partial charge in [0.25, 0.3) is 0 Å². The summed E-state index contributed by atoms with van der Waals surface area (Å²) in [6.45, 7) is 11.6. The summed E-state index contributed by atoms with van der Waals surface area (Å²) in [4.78, 5) is 15.5. The molecule has 0 aliphatic carbocycles. The first-order valence-electron chi connectivity index (χ1n) is 12.9. The number of hydrogen-bond acceptors (Lipinski definition) is 6. The van der Waals surface area contributed by atoms with Gasteiger partial charge >= 0.3 is 5.63 Å². The number of benzene rings is 1. The molecule has 2 aliphatic heterocycles. The second-order valence-electron chi connectivity index (χ2n) is 11.6. The molecular formula is C29H34N2O5S. The van der Waals surface area contributed by atoms with Crippen molar-refractivity contribution >= 4 is 38.9 Å². The van der Waals surface area contributed by atoms with E-state index in [0.717, 1.165) is 42.4 Å². The molecule has 196 valence electrons. The Hall–Kier alpha value is -2.97. The van der Waals surface area contributed by atoms with E-state index in [2.05, 4.69) is 38.7 Å². The Morgan fingerprint density at radius 2 is 1.73 bits per heavy atom. The molecule has 0 unspecified atom stereocenters. The van der Waals surface area contributed by atoms with Gasteiger partial charge in [0.15, 0.2) is 12.4 Å². The van der Waals surface area contributed by atoms with Crippen LogP contribution in [0.15, 0.2) is 45.9 Å². The number of nitrogens with zero attached hydrogens (tertiary/aromatic N) is 2. The maximum absolute atomic E-state index is 13.1. The van der Waals surface area contributed by atoms with Crippen LogP contribution in [0.25, 0.3) is 23.1 Å². The lowest BCUT2D eigenvalue weighted by Gasteiger charge is -2.48. The zero-order valence-electron chi connectivity index (χ0n) is 21.9. The summed E-state index contributed by atoms with van der Waals surface area (Å²) in [6.07, 6.45) is 9.67. The van der Waals surface area contributed by atoms with Crippen LogP contribution >= 0.6 is 0 Å². The molecule has 0 saturated carbocycles. The maximum atomic E-state index is 13.1. The van der Waals surface area contributed by atoms with Crippen molar-refractivity contribution in [2.24, 2.45) is 0 Å². The van der Waals surface area contributed by atoms with Gasteiger partial charge in [0.2, 0.25) is 0 Å². The summed E-state index contributed by atoms with van der Waals surface area (Å²) in [5.41, 5.74) is 5.45. The van der Waals surface area contributed by atoms with Crippen LogP contribution in [0.3, 0.4) is 0 Å². The van der Waals surface area contributed by atoms with E-state index in [1.807, 2.05) is 41.2 Å². The minimum Gasteiger partial charge on any atom is -0.748 e. The molecular weight excluding hydrogens is 488 g/mol. The molecule has 8 heteroatoms. The van der Waals surface area contributed by atoms with E-state index in [1.165, 1.54) is 11.3 Å². The molecule has 0 saturated heterocycles. The molecule has 5 rings (SSSR count). The van der Waals surface area contributed by atoms with Gasteiger partial charge in [-0.25, -0.2) is 17.8 Å². The molecule has 7 nitrogen and oxygen atoms in total. The first kappa shape index (κ1) is 25.7. The highest BCUT2D eigenvalue weighted by atomic mass is 32.2. The molecule has 1 aromatic carbocycles. The Morgan fingerprint density at radius 1 is 1.05 bits per heavy atom. The summed E-state index contributed by atoms with van der Waals surface area (Å²) in [7, 11) is -4.20. The third kappa shape index (κ3) is 5.09. The summed E-state index contributed by atoms with van der Waals surface area (Å²) in [5, 5.41) is 0.956. The van der Waals surface area contributed by atoms with Gasteiger partial charge in [0.05, 0.1) is 15.7 Å².